The minimum atomic E-state index is 0.146. The van der Waals surface area contributed by atoms with Gasteiger partial charge in [-0.3, -0.25) is 9.69 Å². The van der Waals surface area contributed by atoms with Gasteiger partial charge >= 0.3 is 0 Å². The zero-order chi connectivity index (χ0) is 24.5. The Labute approximate surface area is 206 Å². The van der Waals surface area contributed by atoms with Crippen LogP contribution in [0, 0.1) is 6.92 Å². The number of hydrogen-bond acceptors (Lipinski definition) is 4. The summed E-state index contributed by atoms with van der Waals surface area (Å²) in [7, 11) is 0. The van der Waals surface area contributed by atoms with E-state index in [1.807, 2.05) is 4.52 Å². The third-order valence-corrected chi connectivity index (χ3v) is 7.29. The molecule has 1 aliphatic rings. The van der Waals surface area contributed by atoms with E-state index < -0.39 is 0 Å². The first kappa shape index (κ1) is 23.5. The van der Waals surface area contributed by atoms with Crippen molar-refractivity contribution < 1.29 is 4.79 Å². The first-order valence-corrected chi connectivity index (χ1v) is 12.9. The van der Waals surface area contributed by atoms with Gasteiger partial charge in [-0.15, -0.1) is 0 Å². The second-order valence-corrected chi connectivity index (χ2v) is 10.2. The van der Waals surface area contributed by atoms with Crippen LogP contribution in [0.2, 0.25) is 0 Å². The minimum absolute atomic E-state index is 0.146. The Morgan fingerprint density at radius 2 is 2.03 bits per heavy atom. The minimum Gasteiger partial charge on any atom is -0.355 e. The fraction of sp³-hybridized carbons (Fsp3) is 0.464. The summed E-state index contributed by atoms with van der Waals surface area (Å²) in [5, 5.41) is 8.67. The van der Waals surface area contributed by atoms with Gasteiger partial charge in [0.25, 0.3) is 0 Å². The largest absolute Gasteiger partial charge is 0.355 e. The molecular formula is C28H36N6O. The van der Waals surface area contributed by atoms with E-state index in [0.29, 0.717) is 18.4 Å². The lowest BCUT2D eigenvalue weighted by atomic mass is 9.87. The number of nitrogens with zero attached hydrogens (tertiary/aromatic N) is 4. The number of pyridine rings is 1. The Balaban J connectivity index is 1.40. The fourth-order valence-electron chi connectivity index (χ4n) is 5.49. The van der Waals surface area contributed by atoms with Gasteiger partial charge < -0.3 is 10.3 Å². The molecule has 1 saturated heterocycles. The lowest BCUT2D eigenvalue weighted by Crippen LogP contribution is -2.41. The second-order valence-electron chi connectivity index (χ2n) is 10.2. The van der Waals surface area contributed by atoms with Crippen molar-refractivity contribution in [2.45, 2.75) is 58.8 Å². The maximum absolute atomic E-state index is 12.1. The van der Waals surface area contributed by atoms with Crippen molar-refractivity contribution in [2.24, 2.45) is 0 Å². The van der Waals surface area contributed by atoms with E-state index in [4.69, 9.17) is 0 Å². The molecule has 2 N–H and O–H groups in total. The molecule has 35 heavy (non-hydrogen) atoms. The number of aryl methyl sites for hydroxylation is 1. The van der Waals surface area contributed by atoms with Crippen molar-refractivity contribution in [1.82, 2.24) is 29.8 Å². The quantitative estimate of drug-likeness (QED) is 0.396. The fourth-order valence-corrected chi connectivity index (χ4v) is 5.49. The number of carbonyl (C=O) groups is 1. The van der Waals surface area contributed by atoms with Gasteiger partial charge in [0.05, 0.1) is 12.2 Å². The molecule has 5 rings (SSSR count). The number of hydrogen-bond donors (Lipinski definition) is 2. The number of rotatable bonds is 7. The highest BCUT2D eigenvalue weighted by Gasteiger charge is 2.24. The van der Waals surface area contributed by atoms with Crippen LogP contribution in [0.3, 0.4) is 0 Å². The molecule has 0 atom stereocenters. The second kappa shape index (κ2) is 9.82. The lowest BCUT2D eigenvalue weighted by Gasteiger charge is -2.31. The number of piperidine rings is 1. The number of aromatic nitrogens is 4. The Hall–Kier alpha value is -3.19. The Morgan fingerprint density at radius 3 is 2.77 bits per heavy atom. The average Bonchev–Trinajstić information content (AvgIpc) is 3.48. The molecule has 0 spiro atoms. The summed E-state index contributed by atoms with van der Waals surface area (Å²) < 4.78 is 1.86. The molecule has 0 unspecified atom stereocenters. The van der Waals surface area contributed by atoms with Crippen molar-refractivity contribution in [3.63, 3.8) is 0 Å². The van der Waals surface area contributed by atoms with Crippen molar-refractivity contribution in [1.29, 1.82) is 0 Å². The van der Waals surface area contributed by atoms with Crippen molar-refractivity contribution in [3.8, 4) is 11.3 Å². The average molecular weight is 473 g/mol. The van der Waals surface area contributed by atoms with Gasteiger partial charge in [-0.05, 0) is 86.0 Å². The molecule has 7 nitrogen and oxygen atoms in total. The maximum Gasteiger partial charge on any atom is 0.234 e. The van der Waals surface area contributed by atoms with Gasteiger partial charge in [0.1, 0.15) is 6.33 Å². The summed E-state index contributed by atoms with van der Waals surface area (Å²) in [6, 6.07) is 9.13. The summed E-state index contributed by atoms with van der Waals surface area (Å²) in [6.07, 6.45) is 6.82. The molecule has 1 fully saturated rings. The van der Waals surface area contributed by atoms with Gasteiger partial charge in [-0.2, -0.15) is 5.10 Å². The van der Waals surface area contributed by atoms with Crippen LogP contribution >= 0.6 is 0 Å². The zero-order valence-corrected chi connectivity index (χ0v) is 21.3. The number of benzene rings is 1. The van der Waals surface area contributed by atoms with E-state index >= 15 is 0 Å². The summed E-state index contributed by atoms with van der Waals surface area (Å²) in [5.74, 6) is 1.05. The summed E-state index contributed by atoms with van der Waals surface area (Å²) in [6.45, 7) is 11.9. The van der Waals surface area contributed by atoms with E-state index in [2.05, 4.69) is 83.4 Å². The van der Waals surface area contributed by atoms with Gasteiger partial charge in [0.2, 0.25) is 5.91 Å². The van der Waals surface area contributed by atoms with Crippen molar-refractivity contribution in [2.75, 3.05) is 26.2 Å². The molecule has 7 heteroatoms. The molecule has 1 aliphatic heterocycles. The highest BCUT2D eigenvalue weighted by atomic mass is 16.2. The van der Waals surface area contributed by atoms with Crippen LogP contribution in [0.4, 0.5) is 0 Å². The standard InChI is InChI=1S/C28H36N6O/c1-5-10-29-25(35)16-33-11-8-20(9-12-33)21-6-7-24-23(14-21)26(18(2)3)27(32-24)22-13-19(4)28-30-17-31-34(28)15-22/h6-7,13-15,17-18,20,32H,5,8-12,16H2,1-4H3,(H,29,35). The summed E-state index contributed by atoms with van der Waals surface area (Å²) >= 11 is 0. The third kappa shape index (κ3) is 4.69. The first-order chi connectivity index (χ1) is 16.9. The first-order valence-electron chi connectivity index (χ1n) is 12.9. The van der Waals surface area contributed by atoms with Crippen LogP contribution in [-0.4, -0.2) is 56.6 Å². The van der Waals surface area contributed by atoms with Gasteiger partial charge in [0.15, 0.2) is 5.65 Å². The number of carbonyl (C=O) groups excluding carboxylic acids is 1. The summed E-state index contributed by atoms with van der Waals surface area (Å²) in [4.78, 5) is 22.5. The topological polar surface area (TPSA) is 78.3 Å². The molecule has 184 valence electrons. The predicted molar refractivity (Wildman–Crippen MR) is 141 cm³/mol. The molecule has 0 aliphatic carbocycles. The highest BCUT2D eigenvalue weighted by molar-refractivity contribution is 5.92. The molecule has 0 saturated carbocycles. The van der Waals surface area contributed by atoms with Crippen LogP contribution in [0.1, 0.15) is 68.6 Å². The van der Waals surface area contributed by atoms with E-state index in [9.17, 15) is 4.79 Å². The zero-order valence-electron chi connectivity index (χ0n) is 21.3. The molecule has 1 amide bonds. The van der Waals surface area contributed by atoms with E-state index in [0.717, 1.165) is 55.7 Å². The Morgan fingerprint density at radius 1 is 1.23 bits per heavy atom. The van der Waals surface area contributed by atoms with E-state index in [-0.39, 0.29) is 5.91 Å². The number of nitrogens with one attached hydrogen (secondary N) is 2. The van der Waals surface area contributed by atoms with Gasteiger partial charge in [-0.1, -0.05) is 26.8 Å². The maximum atomic E-state index is 12.1. The number of amides is 1. The molecule has 3 aromatic heterocycles. The Bertz CT molecular complexity index is 1340. The van der Waals surface area contributed by atoms with Gasteiger partial charge in [0, 0.05) is 29.2 Å². The molecular weight excluding hydrogens is 436 g/mol. The van der Waals surface area contributed by atoms with E-state index in [1.54, 1.807) is 6.33 Å². The normalized spacial score (nSPS) is 15.5. The highest BCUT2D eigenvalue weighted by Crippen LogP contribution is 2.38. The van der Waals surface area contributed by atoms with E-state index in [1.165, 1.54) is 27.7 Å². The third-order valence-electron chi connectivity index (χ3n) is 7.29. The van der Waals surface area contributed by atoms with Crippen molar-refractivity contribution in [3.05, 3.63) is 53.5 Å². The number of H-pyrrole nitrogens is 1. The van der Waals surface area contributed by atoms with Crippen LogP contribution in [-0.2, 0) is 4.79 Å². The van der Waals surface area contributed by atoms with Crippen LogP contribution in [0.25, 0.3) is 27.8 Å². The monoisotopic (exact) mass is 472 g/mol. The van der Waals surface area contributed by atoms with Crippen LogP contribution in [0.5, 0.6) is 0 Å². The van der Waals surface area contributed by atoms with Crippen LogP contribution in [0.15, 0.2) is 36.8 Å². The SMILES string of the molecule is CCCNC(=O)CN1CCC(c2ccc3[nH]c(-c4cc(C)c5ncnn5c4)c(C(C)C)c3c2)CC1. The molecule has 4 heterocycles. The smallest absolute Gasteiger partial charge is 0.234 e. The molecule has 4 aromatic rings. The van der Waals surface area contributed by atoms with Gasteiger partial charge in [-0.25, -0.2) is 9.50 Å². The van der Waals surface area contributed by atoms with Crippen molar-refractivity contribution >= 4 is 22.5 Å². The molecule has 1 aromatic carbocycles. The number of aromatic amines is 1. The van der Waals surface area contributed by atoms with Crippen LogP contribution < -0.4 is 5.32 Å². The molecule has 0 radical (unpaired) electrons. The Kier molecular flexibility index (Phi) is 6.60. The number of likely N-dealkylation sites (tertiary alicyclic amines) is 1. The predicted octanol–water partition coefficient (Wildman–Crippen LogP) is 5.02. The number of fused-ring (bicyclic) bond motifs is 2. The summed E-state index contributed by atoms with van der Waals surface area (Å²) in [5.41, 5.74) is 8.25. The lowest BCUT2D eigenvalue weighted by molar-refractivity contribution is -0.122. The molecule has 0 bridgehead atoms.